The number of ether oxygens (including phenoxy) is 1. The molecule has 6 nitrogen and oxygen atoms in total. The van der Waals surface area contributed by atoms with E-state index in [1.165, 1.54) is 64.2 Å². The second-order valence-corrected chi connectivity index (χ2v) is 12.9. The van der Waals surface area contributed by atoms with Crippen LogP contribution in [-0.4, -0.2) is 35.5 Å². The van der Waals surface area contributed by atoms with Gasteiger partial charge in [-0.25, -0.2) is 0 Å². The van der Waals surface area contributed by atoms with Crippen LogP contribution >= 0.6 is 11.8 Å². The SMILES string of the molecule is CC(C)(CN)COc1noc(C(=O)NC2C3CC4CC(C3)CC2C4)c1SC1CCCCC1. The van der Waals surface area contributed by atoms with Gasteiger partial charge in [0.1, 0.15) is 4.90 Å². The summed E-state index contributed by atoms with van der Waals surface area (Å²) in [5.74, 6) is 3.73. The minimum atomic E-state index is -0.158. The van der Waals surface area contributed by atoms with Crippen LogP contribution in [0.2, 0.25) is 0 Å². The summed E-state index contributed by atoms with van der Waals surface area (Å²) < 4.78 is 11.7. The molecule has 32 heavy (non-hydrogen) atoms. The highest BCUT2D eigenvalue weighted by Crippen LogP contribution is 2.54. The molecule has 0 atom stereocenters. The van der Waals surface area contributed by atoms with Gasteiger partial charge in [0.05, 0.1) is 6.61 Å². The standard InChI is InChI=1S/C25H39N3O3S/c1-25(2,13-26)14-30-24-22(32-19-6-4-3-5-7-19)21(31-28-24)23(29)27-20-17-9-15-8-16(11-17)12-18(20)10-15/h15-20H,3-14,26H2,1-2H3,(H,27,29). The lowest BCUT2D eigenvalue weighted by Crippen LogP contribution is -2.55. The number of hydrogen-bond acceptors (Lipinski definition) is 6. The highest BCUT2D eigenvalue weighted by molar-refractivity contribution is 8.00. The summed E-state index contributed by atoms with van der Waals surface area (Å²) in [6, 6.07) is 0.286. The maximum atomic E-state index is 13.4. The second kappa shape index (κ2) is 9.21. The van der Waals surface area contributed by atoms with Gasteiger partial charge in [-0.2, -0.15) is 0 Å². The Morgan fingerprint density at radius 3 is 2.41 bits per heavy atom. The van der Waals surface area contributed by atoms with Crippen LogP contribution in [0.3, 0.4) is 0 Å². The molecule has 1 heterocycles. The van der Waals surface area contributed by atoms with Crippen molar-refractivity contribution in [1.29, 1.82) is 0 Å². The smallest absolute Gasteiger partial charge is 0.291 e. The lowest BCUT2D eigenvalue weighted by atomic mass is 9.54. The number of nitrogens with zero attached hydrogens (tertiary/aromatic N) is 1. The van der Waals surface area contributed by atoms with Gasteiger partial charge in [-0.05, 0) is 73.8 Å². The van der Waals surface area contributed by atoms with E-state index in [0.29, 0.717) is 41.9 Å². The summed E-state index contributed by atoms with van der Waals surface area (Å²) in [5, 5.41) is 8.08. The first-order valence-corrected chi connectivity index (χ1v) is 13.6. The fraction of sp³-hybridized carbons (Fsp3) is 0.840. The normalized spacial score (nSPS) is 32.3. The van der Waals surface area contributed by atoms with E-state index in [0.717, 1.165) is 16.7 Å². The monoisotopic (exact) mass is 461 g/mol. The fourth-order valence-corrected chi connectivity index (χ4v) is 7.99. The van der Waals surface area contributed by atoms with Crippen LogP contribution < -0.4 is 15.8 Å². The fourth-order valence-electron chi connectivity index (χ4n) is 6.66. The predicted molar refractivity (Wildman–Crippen MR) is 126 cm³/mol. The van der Waals surface area contributed by atoms with Gasteiger partial charge >= 0.3 is 0 Å². The molecule has 1 aromatic heterocycles. The third-order valence-corrected chi connectivity index (χ3v) is 9.74. The molecule has 4 bridgehead atoms. The van der Waals surface area contributed by atoms with E-state index >= 15 is 0 Å². The molecule has 3 N–H and O–H groups in total. The average molecular weight is 462 g/mol. The quantitative estimate of drug-likeness (QED) is 0.565. The van der Waals surface area contributed by atoms with E-state index in [2.05, 4.69) is 24.3 Å². The van der Waals surface area contributed by atoms with Gasteiger partial charge in [0.2, 0.25) is 5.76 Å². The van der Waals surface area contributed by atoms with Crippen molar-refractivity contribution in [3.8, 4) is 5.88 Å². The topological polar surface area (TPSA) is 90.4 Å². The Labute approximate surface area is 196 Å². The second-order valence-electron chi connectivity index (χ2n) is 11.6. The summed E-state index contributed by atoms with van der Waals surface area (Å²) in [6.07, 6.45) is 12.7. The zero-order valence-electron chi connectivity index (χ0n) is 19.6. The third-order valence-electron chi connectivity index (χ3n) is 8.34. The zero-order chi connectivity index (χ0) is 22.3. The molecule has 1 amide bonds. The molecular formula is C25H39N3O3S. The molecule has 0 spiro atoms. The number of nitrogens with one attached hydrogen (secondary N) is 1. The van der Waals surface area contributed by atoms with Gasteiger partial charge in [-0.3, -0.25) is 4.79 Å². The third kappa shape index (κ3) is 4.70. The van der Waals surface area contributed by atoms with Gasteiger partial charge in [0.25, 0.3) is 11.8 Å². The first-order chi connectivity index (χ1) is 15.4. The number of thioether (sulfide) groups is 1. The molecule has 0 saturated heterocycles. The number of carbonyl (C=O) groups is 1. The van der Waals surface area contributed by atoms with E-state index < -0.39 is 0 Å². The van der Waals surface area contributed by atoms with Crippen LogP contribution in [0.5, 0.6) is 5.88 Å². The molecule has 5 aliphatic rings. The van der Waals surface area contributed by atoms with E-state index in [1.807, 2.05) is 0 Å². The number of nitrogens with two attached hydrogens (primary N) is 1. The van der Waals surface area contributed by atoms with Crippen molar-refractivity contribution < 1.29 is 14.1 Å². The molecule has 7 heteroatoms. The maximum absolute atomic E-state index is 13.4. The number of hydrogen-bond donors (Lipinski definition) is 2. The Morgan fingerprint density at radius 2 is 1.78 bits per heavy atom. The zero-order valence-corrected chi connectivity index (χ0v) is 20.4. The van der Waals surface area contributed by atoms with Crippen LogP contribution in [0.15, 0.2) is 9.42 Å². The Bertz CT molecular complexity index is 789. The number of rotatable bonds is 8. The van der Waals surface area contributed by atoms with Crippen molar-refractivity contribution in [3.05, 3.63) is 5.76 Å². The van der Waals surface area contributed by atoms with Crippen LogP contribution in [0.1, 0.15) is 88.6 Å². The molecule has 5 fully saturated rings. The molecule has 5 saturated carbocycles. The average Bonchev–Trinajstić information content (AvgIpc) is 3.17. The van der Waals surface area contributed by atoms with Crippen molar-refractivity contribution in [1.82, 2.24) is 10.5 Å². The summed E-state index contributed by atoms with van der Waals surface area (Å²) in [5.41, 5.74) is 5.72. The maximum Gasteiger partial charge on any atom is 0.291 e. The van der Waals surface area contributed by atoms with E-state index in [9.17, 15) is 4.79 Å². The van der Waals surface area contributed by atoms with Crippen LogP contribution in [0, 0.1) is 29.1 Å². The number of carbonyl (C=O) groups excluding carboxylic acids is 1. The van der Waals surface area contributed by atoms with E-state index in [-0.39, 0.29) is 17.4 Å². The van der Waals surface area contributed by atoms with E-state index in [1.54, 1.807) is 11.8 Å². The first-order valence-electron chi connectivity index (χ1n) is 12.7. The van der Waals surface area contributed by atoms with Crippen molar-refractivity contribution in [2.45, 2.75) is 94.2 Å². The molecule has 0 aliphatic heterocycles. The molecule has 5 aliphatic carbocycles. The minimum absolute atomic E-state index is 0.110. The lowest BCUT2D eigenvalue weighted by Gasteiger charge is -2.54. The predicted octanol–water partition coefficient (Wildman–Crippen LogP) is 5.02. The van der Waals surface area contributed by atoms with Crippen molar-refractivity contribution in [2.24, 2.45) is 34.8 Å². The molecule has 6 rings (SSSR count). The molecule has 0 radical (unpaired) electrons. The summed E-state index contributed by atoms with van der Waals surface area (Å²) in [7, 11) is 0. The van der Waals surface area contributed by atoms with Gasteiger partial charge in [0.15, 0.2) is 0 Å². The van der Waals surface area contributed by atoms with Crippen molar-refractivity contribution in [2.75, 3.05) is 13.2 Å². The summed E-state index contributed by atoms with van der Waals surface area (Å²) >= 11 is 1.73. The Kier molecular flexibility index (Phi) is 6.49. The van der Waals surface area contributed by atoms with Gasteiger partial charge in [0, 0.05) is 23.3 Å². The summed E-state index contributed by atoms with van der Waals surface area (Å²) in [6.45, 7) is 5.11. The Morgan fingerprint density at radius 1 is 1.12 bits per heavy atom. The molecule has 0 unspecified atom stereocenters. The van der Waals surface area contributed by atoms with E-state index in [4.69, 9.17) is 15.0 Å². The van der Waals surface area contributed by atoms with Gasteiger partial charge in [-0.1, -0.05) is 33.1 Å². The molecular weight excluding hydrogens is 422 g/mol. The van der Waals surface area contributed by atoms with Crippen molar-refractivity contribution in [3.63, 3.8) is 0 Å². The van der Waals surface area contributed by atoms with Gasteiger partial charge in [-0.15, -0.1) is 11.8 Å². The Hall–Kier alpha value is -1.21. The van der Waals surface area contributed by atoms with Crippen LogP contribution in [0.25, 0.3) is 0 Å². The minimum Gasteiger partial charge on any atom is -0.474 e. The molecule has 1 aromatic rings. The van der Waals surface area contributed by atoms with Crippen LogP contribution in [-0.2, 0) is 0 Å². The molecule has 178 valence electrons. The Balaban J connectivity index is 1.33. The summed E-state index contributed by atoms with van der Waals surface area (Å²) in [4.78, 5) is 14.2. The highest BCUT2D eigenvalue weighted by atomic mass is 32.2. The number of aromatic nitrogens is 1. The first kappa shape index (κ1) is 22.6. The molecule has 0 aromatic carbocycles. The lowest BCUT2D eigenvalue weighted by molar-refractivity contribution is -0.0124. The number of amides is 1. The van der Waals surface area contributed by atoms with Crippen LogP contribution in [0.4, 0.5) is 0 Å². The van der Waals surface area contributed by atoms with Gasteiger partial charge < -0.3 is 20.3 Å². The highest BCUT2D eigenvalue weighted by Gasteiger charge is 2.49. The van der Waals surface area contributed by atoms with Crippen molar-refractivity contribution >= 4 is 17.7 Å². The largest absolute Gasteiger partial charge is 0.474 e.